The van der Waals surface area contributed by atoms with Crippen LogP contribution in [0.2, 0.25) is 0 Å². The number of hydrazone groups is 1. The fourth-order valence-electron chi connectivity index (χ4n) is 1.69. The fraction of sp³-hybridized carbons (Fsp3) is 0.333. The van der Waals surface area contributed by atoms with Crippen LogP contribution in [0, 0.1) is 11.3 Å². The standard InChI is InChI=1S/C15H17BrN4O4/c1-10(21)20(5-3-4-17)19-8-11-6-12(16)15(13(7-11)23-2)24-9-14(18)22/h6-8H,3,5,9H2,1-2H3,(H2,18,22). The van der Waals surface area contributed by atoms with Crippen molar-refractivity contribution < 1.29 is 19.1 Å². The summed E-state index contributed by atoms with van der Waals surface area (Å²) in [6, 6.07) is 5.28. The third-order valence-electron chi connectivity index (χ3n) is 2.76. The number of carbonyl (C=O) groups excluding carboxylic acids is 2. The van der Waals surface area contributed by atoms with Gasteiger partial charge in [-0.1, -0.05) is 0 Å². The van der Waals surface area contributed by atoms with Crippen molar-refractivity contribution >= 4 is 34.0 Å². The van der Waals surface area contributed by atoms with Gasteiger partial charge in [0.1, 0.15) is 0 Å². The minimum absolute atomic E-state index is 0.184. The number of hydrogen-bond acceptors (Lipinski definition) is 6. The first-order chi connectivity index (χ1) is 11.4. The number of halogens is 1. The molecule has 0 aliphatic heterocycles. The van der Waals surface area contributed by atoms with Gasteiger partial charge in [0.05, 0.1) is 36.8 Å². The highest BCUT2D eigenvalue weighted by molar-refractivity contribution is 9.10. The van der Waals surface area contributed by atoms with E-state index in [2.05, 4.69) is 21.0 Å². The van der Waals surface area contributed by atoms with Crippen LogP contribution >= 0.6 is 15.9 Å². The third-order valence-corrected chi connectivity index (χ3v) is 3.34. The largest absolute Gasteiger partial charge is 0.493 e. The minimum Gasteiger partial charge on any atom is -0.493 e. The number of rotatable bonds is 8. The molecule has 8 nitrogen and oxygen atoms in total. The summed E-state index contributed by atoms with van der Waals surface area (Å²) in [6.45, 7) is 1.29. The Bertz CT molecular complexity index is 685. The Morgan fingerprint density at radius 2 is 2.21 bits per heavy atom. The van der Waals surface area contributed by atoms with Gasteiger partial charge in [0.2, 0.25) is 5.91 Å². The normalized spacial score (nSPS) is 10.2. The molecular weight excluding hydrogens is 380 g/mol. The first-order valence-electron chi connectivity index (χ1n) is 6.86. The molecule has 0 saturated heterocycles. The van der Waals surface area contributed by atoms with Gasteiger partial charge in [0.25, 0.3) is 5.91 Å². The Morgan fingerprint density at radius 3 is 2.75 bits per heavy atom. The molecule has 1 rings (SSSR count). The molecule has 2 N–H and O–H groups in total. The highest BCUT2D eigenvalue weighted by atomic mass is 79.9. The van der Waals surface area contributed by atoms with Gasteiger partial charge in [0, 0.05) is 6.92 Å². The summed E-state index contributed by atoms with van der Waals surface area (Å²) in [7, 11) is 1.45. The zero-order valence-corrected chi connectivity index (χ0v) is 14.9. The second-order valence-electron chi connectivity index (χ2n) is 4.58. The fourth-order valence-corrected chi connectivity index (χ4v) is 2.26. The van der Waals surface area contributed by atoms with Crippen LogP contribution in [0.4, 0.5) is 0 Å². The van der Waals surface area contributed by atoms with Crippen molar-refractivity contribution in [1.29, 1.82) is 5.26 Å². The smallest absolute Gasteiger partial charge is 0.255 e. The van der Waals surface area contributed by atoms with Gasteiger partial charge < -0.3 is 15.2 Å². The summed E-state index contributed by atoms with van der Waals surface area (Å²) in [6.07, 6.45) is 1.65. The predicted molar refractivity (Wildman–Crippen MR) is 90.6 cm³/mol. The summed E-state index contributed by atoms with van der Waals surface area (Å²) in [4.78, 5) is 22.3. The average molecular weight is 397 g/mol. The first-order valence-corrected chi connectivity index (χ1v) is 7.66. The van der Waals surface area contributed by atoms with Gasteiger partial charge in [-0.3, -0.25) is 9.59 Å². The van der Waals surface area contributed by atoms with Gasteiger partial charge in [-0.05, 0) is 33.6 Å². The van der Waals surface area contributed by atoms with E-state index in [4.69, 9.17) is 20.5 Å². The Morgan fingerprint density at radius 1 is 1.50 bits per heavy atom. The number of nitrogens with two attached hydrogens (primary N) is 1. The molecule has 2 amide bonds. The van der Waals surface area contributed by atoms with Crippen molar-refractivity contribution in [3.63, 3.8) is 0 Å². The summed E-state index contributed by atoms with van der Waals surface area (Å²) in [5.41, 5.74) is 5.69. The molecule has 0 unspecified atom stereocenters. The van der Waals surface area contributed by atoms with E-state index in [1.54, 1.807) is 12.1 Å². The van der Waals surface area contributed by atoms with Crippen molar-refractivity contribution in [2.75, 3.05) is 20.3 Å². The Kier molecular flexibility index (Phi) is 7.71. The van der Waals surface area contributed by atoms with Crippen molar-refractivity contribution in [3.05, 3.63) is 22.2 Å². The number of carbonyl (C=O) groups is 2. The lowest BCUT2D eigenvalue weighted by atomic mass is 10.2. The van der Waals surface area contributed by atoms with Crippen LogP contribution in [-0.2, 0) is 9.59 Å². The van der Waals surface area contributed by atoms with Crippen LogP contribution in [0.25, 0.3) is 0 Å². The van der Waals surface area contributed by atoms with E-state index >= 15 is 0 Å². The topological polar surface area (TPSA) is 118 Å². The van der Waals surface area contributed by atoms with Gasteiger partial charge in [-0.2, -0.15) is 10.4 Å². The van der Waals surface area contributed by atoms with E-state index in [0.717, 1.165) is 0 Å². The minimum atomic E-state index is -0.607. The van der Waals surface area contributed by atoms with Crippen LogP contribution in [0.1, 0.15) is 18.9 Å². The molecule has 0 aliphatic carbocycles. The average Bonchev–Trinajstić information content (AvgIpc) is 2.52. The number of methoxy groups -OCH3 is 1. The second-order valence-corrected chi connectivity index (χ2v) is 5.44. The number of amides is 2. The molecule has 0 spiro atoms. The predicted octanol–water partition coefficient (Wildman–Crippen LogP) is 1.42. The number of primary amides is 1. The second kappa shape index (κ2) is 9.52. The van der Waals surface area contributed by atoms with Crippen LogP contribution in [0.3, 0.4) is 0 Å². The van der Waals surface area contributed by atoms with E-state index < -0.39 is 5.91 Å². The van der Waals surface area contributed by atoms with Crippen LogP contribution in [0.15, 0.2) is 21.7 Å². The molecular formula is C15H17BrN4O4. The molecule has 0 atom stereocenters. The Hall–Kier alpha value is -2.60. The van der Waals surface area contributed by atoms with E-state index in [1.165, 1.54) is 25.3 Å². The van der Waals surface area contributed by atoms with E-state index in [0.29, 0.717) is 21.5 Å². The molecule has 0 fully saturated rings. The highest BCUT2D eigenvalue weighted by Crippen LogP contribution is 2.36. The van der Waals surface area contributed by atoms with Crippen LogP contribution in [0.5, 0.6) is 11.5 Å². The maximum Gasteiger partial charge on any atom is 0.255 e. The summed E-state index contributed by atoms with van der Waals surface area (Å²) in [5.74, 6) is -0.169. The molecule has 0 bridgehead atoms. The monoisotopic (exact) mass is 396 g/mol. The zero-order chi connectivity index (χ0) is 18.1. The molecule has 0 radical (unpaired) electrons. The Labute approximate surface area is 147 Å². The van der Waals surface area contributed by atoms with Gasteiger partial charge in [-0.25, -0.2) is 5.01 Å². The number of benzene rings is 1. The van der Waals surface area contributed by atoms with Crippen LogP contribution in [-0.4, -0.2) is 43.3 Å². The van der Waals surface area contributed by atoms with Gasteiger partial charge in [0.15, 0.2) is 18.1 Å². The van der Waals surface area contributed by atoms with E-state index in [9.17, 15) is 9.59 Å². The summed E-state index contributed by atoms with van der Waals surface area (Å²) >= 11 is 3.32. The molecule has 1 aromatic rings. The number of nitrogens with zero attached hydrogens (tertiary/aromatic N) is 3. The van der Waals surface area contributed by atoms with Crippen molar-refractivity contribution in [2.45, 2.75) is 13.3 Å². The molecule has 0 saturated carbocycles. The third kappa shape index (κ3) is 5.89. The van der Waals surface area contributed by atoms with E-state index in [1.807, 2.05) is 6.07 Å². The lowest BCUT2D eigenvalue weighted by Crippen LogP contribution is -2.24. The van der Waals surface area contributed by atoms with Crippen molar-refractivity contribution in [1.82, 2.24) is 5.01 Å². The molecule has 24 heavy (non-hydrogen) atoms. The first kappa shape index (κ1) is 19.4. The van der Waals surface area contributed by atoms with Crippen molar-refractivity contribution in [3.8, 4) is 17.6 Å². The van der Waals surface area contributed by atoms with Gasteiger partial charge >= 0.3 is 0 Å². The molecule has 128 valence electrons. The SMILES string of the molecule is COc1cc(C=NN(CCC#N)C(C)=O)cc(Br)c1OCC(N)=O. The quantitative estimate of drug-likeness (QED) is 0.526. The highest BCUT2D eigenvalue weighted by Gasteiger charge is 2.13. The zero-order valence-electron chi connectivity index (χ0n) is 13.3. The Balaban J connectivity index is 3.02. The molecule has 9 heteroatoms. The van der Waals surface area contributed by atoms with Crippen molar-refractivity contribution in [2.24, 2.45) is 10.8 Å². The molecule has 0 aliphatic rings. The summed E-state index contributed by atoms with van der Waals surface area (Å²) < 4.78 is 11.1. The number of hydrogen-bond donors (Lipinski definition) is 1. The molecule has 1 aromatic carbocycles. The van der Waals surface area contributed by atoms with Gasteiger partial charge in [-0.15, -0.1) is 0 Å². The lowest BCUT2D eigenvalue weighted by Gasteiger charge is -2.14. The number of nitriles is 1. The maximum absolute atomic E-state index is 11.5. The summed E-state index contributed by atoms with van der Waals surface area (Å²) in [5, 5.41) is 13.9. The molecule has 0 aromatic heterocycles. The van der Waals surface area contributed by atoms with Crippen LogP contribution < -0.4 is 15.2 Å². The number of ether oxygens (including phenoxy) is 2. The van der Waals surface area contributed by atoms with E-state index in [-0.39, 0.29) is 25.5 Å². The maximum atomic E-state index is 11.5. The molecule has 0 heterocycles. The lowest BCUT2D eigenvalue weighted by molar-refractivity contribution is -0.128.